The maximum Gasteiger partial charge on any atom is 0.178 e. The van der Waals surface area contributed by atoms with Crippen molar-refractivity contribution in [1.29, 1.82) is 0 Å². The standard InChI is InChI=1S/C13H16N2O/c1-9-4-5-10-11(13(16)7-14-2)8-15(3)12(10)6-9/h4-6,8,14H,7H2,1-3H3. The third kappa shape index (κ3) is 1.74. The minimum absolute atomic E-state index is 0.136. The SMILES string of the molecule is CNCC(=O)c1cn(C)c2cc(C)ccc12. The lowest BCUT2D eigenvalue weighted by Crippen LogP contribution is -2.18. The average Bonchev–Trinajstić information content (AvgIpc) is 2.56. The molecule has 16 heavy (non-hydrogen) atoms. The second-order valence-corrected chi connectivity index (χ2v) is 4.13. The fraction of sp³-hybridized carbons (Fsp3) is 0.308. The zero-order chi connectivity index (χ0) is 11.7. The van der Waals surface area contributed by atoms with Crippen LogP contribution in [0.25, 0.3) is 10.9 Å². The van der Waals surface area contributed by atoms with Crippen LogP contribution in [0, 0.1) is 6.92 Å². The highest BCUT2D eigenvalue weighted by Crippen LogP contribution is 2.22. The number of carbonyl (C=O) groups excluding carboxylic acids is 1. The van der Waals surface area contributed by atoms with Gasteiger partial charge in [-0.1, -0.05) is 12.1 Å². The molecule has 3 heteroatoms. The quantitative estimate of drug-likeness (QED) is 0.795. The predicted molar refractivity (Wildman–Crippen MR) is 65.9 cm³/mol. The number of likely N-dealkylation sites (N-methyl/N-ethyl adjacent to an activating group) is 1. The van der Waals surface area contributed by atoms with Crippen molar-refractivity contribution in [3.63, 3.8) is 0 Å². The van der Waals surface area contributed by atoms with Gasteiger partial charge in [-0.05, 0) is 25.6 Å². The first-order valence-electron chi connectivity index (χ1n) is 5.37. The minimum atomic E-state index is 0.136. The van der Waals surface area contributed by atoms with E-state index >= 15 is 0 Å². The van der Waals surface area contributed by atoms with E-state index in [2.05, 4.69) is 18.3 Å². The Kier molecular flexibility index (Phi) is 2.79. The van der Waals surface area contributed by atoms with Crippen molar-refractivity contribution in [1.82, 2.24) is 9.88 Å². The number of benzene rings is 1. The molecule has 0 atom stereocenters. The molecule has 3 nitrogen and oxygen atoms in total. The fourth-order valence-corrected chi connectivity index (χ4v) is 1.97. The first-order valence-corrected chi connectivity index (χ1v) is 5.37. The molecule has 2 rings (SSSR count). The van der Waals surface area contributed by atoms with Gasteiger partial charge in [-0.25, -0.2) is 0 Å². The maximum absolute atomic E-state index is 11.9. The molecule has 0 bridgehead atoms. The minimum Gasteiger partial charge on any atom is -0.350 e. The Bertz CT molecular complexity index is 540. The van der Waals surface area contributed by atoms with Crippen LogP contribution in [-0.2, 0) is 7.05 Å². The van der Waals surface area contributed by atoms with Gasteiger partial charge in [0.2, 0.25) is 0 Å². The van der Waals surface area contributed by atoms with E-state index < -0.39 is 0 Å². The number of hydrogen-bond acceptors (Lipinski definition) is 2. The van der Waals surface area contributed by atoms with Crippen LogP contribution >= 0.6 is 0 Å². The van der Waals surface area contributed by atoms with Crippen LogP contribution < -0.4 is 5.32 Å². The molecule has 0 aliphatic heterocycles. The summed E-state index contributed by atoms with van der Waals surface area (Å²) in [4.78, 5) is 11.9. The van der Waals surface area contributed by atoms with Gasteiger partial charge in [0.25, 0.3) is 0 Å². The molecule has 0 saturated carbocycles. The number of ketones is 1. The smallest absolute Gasteiger partial charge is 0.178 e. The van der Waals surface area contributed by atoms with Crippen molar-refractivity contribution in [3.8, 4) is 0 Å². The highest BCUT2D eigenvalue weighted by molar-refractivity contribution is 6.09. The number of hydrogen-bond donors (Lipinski definition) is 1. The number of nitrogens with zero attached hydrogens (tertiary/aromatic N) is 1. The van der Waals surface area contributed by atoms with E-state index in [-0.39, 0.29) is 5.78 Å². The van der Waals surface area contributed by atoms with Gasteiger partial charge in [-0.3, -0.25) is 4.79 Å². The molecule has 0 radical (unpaired) electrons. The lowest BCUT2D eigenvalue weighted by Gasteiger charge is -1.98. The number of aromatic nitrogens is 1. The molecule has 84 valence electrons. The van der Waals surface area contributed by atoms with E-state index in [4.69, 9.17) is 0 Å². The van der Waals surface area contributed by atoms with Crippen LogP contribution in [0.3, 0.4) is 0 Å². The number of rotatable bonds is 3. The summed E-state index contributed by atoms with van der Waals surface area (Å²) in [5.74, 6) is 0.136. The van der Waals surface area contributed by atoms with Gasteiger partial charge in [0, 0.05) is 29.7 Å². The zero-order valence-electron chi connectivity index (χ0n) is 9.87. The van der Waals surface area contributed by atoms with Crippen molar-refractivity contribution >= 4 is 16.7 Å². The molecule has 0 spiro atoms. The van der Waals surface area contributed by atoms with Crippen molar-refractivity contribution < 1.29 is 4.79 Å². The fourth-order valence-electron chi connectivity index (χ4n) is 1.97. The summed E-state index contributed by atoms with van der Waals surface area (Å²) in [7, 11) is 3.76. The third-order valence-electron chi connectivity index (χ3n) is 2.78. The molecule has 0 unspecified atom stereocenters. The number of nitrogens with one attached hydrogen (secondary N) is 1. The van der Waals surface area contributed by atoms with Crippen LogP contribution in [0.2, 0.25) is 0 Å². The normalized spacial score (nSPS) is 10.9. The lowest BCUT2D eigenvalue weighted by atomic mass is 10.1. The van der Waals surface area contributed by atoms with Gasteiger partial charge >= 0.3 is 0 Å². The Hall–Kier alpha value is -1.61. The number of aryl methyl sites for hydroxylation is 2. The van der Waals surface area contributed by atoms with Gasteiger partial charge < -0.3 is 9.88 Å². The van der Waals surface area contributed by atoms with Crippen LogP contribution in [0.4, 0.5) is 0 Å². The average molecular weight is 216 g/mol. The van der Waals surface area contributed by atoms with E-state index in [9.17, 15) is 4.79 Å². The van der Waals surface area contributed by atoms with Crippen molar-refractivity contribution in [3.05, 3.63) is 35.5 Å². The van der Waals surface area contributed by atoms with E-state index in [0.29, 0.717) is 6.54 Å². The molecule has 0 aliphatic rings. The molecule has 0 fully saturated rings. The third-order valence-corrected chi connectivity index (χ3v) is 2.78. The summed E-state index contributed by atoms with van der Waals surface area (Å²) >= 11 is 0. The molecule has 1 aromatic heterocycles. The summed E-state index contributed by atoms with van der Waals surface area (Å²) < 4.78 is 2.01. The first-order chi connectivity index (χ1) is 7.63. The van der Waals surface area contributed by atoms with Crippen LogP contribution in [0.1, 0.15) is 15.9 Å². The summed E-state index contributed by atoms with van der Waals surface area (Å²) in [6.07, 6.45) is 1.91. The summed E-state index contributed by atoms with van der Waals surface area (Å²) in [5.41, 5.74) is 3.12. The molecule has 1 heterocycles. The van der Waals surface area contributed by atoms with E-state index in [1.807, 2.05) is 29.9 Å². The van der Waals surface area contributed by atoms with Gasteiger partial charge in [0.15, 0.2) is 5.78 Å². The van der Waals surface area contributed by atoms with Gasteiger partial charge in [-0.15, -0.1) is 0 Å². The molecule has 0 amide bonds. The molecular formula is C13H16N2O. The molecule has 2 aromatic rings. The van der Waals surface area contributed by atoms with Gasteiger partial charge in [-0.2, -0.15) is 0 Å². The second kappa shape index (κ2) is 4.10. The Morgan fingerprint density at radius 2 is 2.19 bits per heavy atom. The van der Waals surface area contributed by atoms with E-state index in [1.165, 1.54) is 5.56 Å². The zero-order valence-corrected chi connectivity index (χ0v) is 9.87. The monoisotopic (exact) mass is 216 g/mol. The highest BCUT2D eigenvalue weighted by Gasteiger charge is 2.12. The summed E-state index contributed by atoms with van der Waals surface area (Å²) in [6.45, 7) is 2.44. The van der Waals surface area contributed by atoms with Gasteiger partial charge in [0.05, 0.1) is 6.54 Å². The van der Waals surface area contributed by atoms with Crippen molar-refractivity contribution in [2.45, 2.75) is 6.92 Å². The highest BCUT2D eigenvalue weighted by atomic mass is 16.1. The van der Waals surface area contributed by atoms with E-state index in [1.54, 1.807) is 7.05 Å². The first kappa shape index (κ1) is 10.9. The molecule has 0 aliphatic carbocycles. The Labute approximate surface area is 95.1 Å². The van der Waals surface area contributed by atoms with Crippen molar-refractivity contribution in [2.24, 2.45) is 7.05 Å². The summed E-state index contributed by atoms with van der Waals surface area (Å²) in [5, 5.41) is 3.93. The Balaban J connectivity index is 2.59. The topological polar surface area (TPSA) is 34.0 Å². The molecule has 0 saturated heterocycles. The van der Waals surface area contributed by atoms with Crippen LogP contribution in [0.15, 0.2) is 24.4 Å². The number of fused-ring (bicyclic) bond motifs is 1. The maximum atomic E-state index is 11.9. The largest absolute Gasteiger partial charge is 0.350 e. The predicted octanol–water partition coefficient (Wildman–Crippen LogP) is 1.89. The molecule has 1 N–H and O–H groups in total. The Morgan fingerprint density at radius 1 is 1.44 bits per heavy atom. The number of Topliss-reactive ketones (excluding diaryl/α,β-unsaturated/α-hetero) is 1. The molecule has 1 aromatic carbocycles. The summed E-state index contributed by atoms with van der Waals surface area (Å²) in [6, 6.07) is 6.16. The van der Waals surface area contributed by atoms with E-state index in [0.717, 1.165) is 16.5 Å². The van der Waals surface area contributed by atoms with Crippen molar-refractivity contribution in [2.75, 3.05) is 13.6 Å². The second-order valence-electron chi connectivity index (χ2n) is 4.13. The van der Waals surface area contributed by atoms with Gasteiger partial charge in [0.1, 0.15) is 0 Å². The Morgan fingerprint density at radius 3 is 2.88 bits per heavy atom. The van der Waals surface area contributed by atoms with Crippen LogP contribution in [0.5, 0.6) is 0 Å². The lowest BCUT2D eigenvalue weighted by molar-refractivity contribution is 0.0995. The van der Waals surface area contributed by atoms with Crippen LogP contribution in [-0.4, -0.2) is 23.9 Å². The molecular weight excluding hydrogens is 200 g/mol. The number of carbonyl (C=O) groups is 1.